The van der Waals surface area contributed by atoms with E-state index >= 15 is 0 Å². The van der Waals surface area contributed by atoms with Crippen LogP contribution in [-0.4, -0.2) is 37.6 Å². The summed E-state index contributed by atoms with van der Waals surface area (Å²) in [6, 6.07) is 7.70. The molecule has 128 valence electrons. The topological polar surface area (TPSA) is 63.2 Å². The van der Waals surface area contributed by atoms with Crippen molar-refractivity contribution in [2.45, 2.75) is 19.8 Å². The van der Waals surface area contributed by atoms with Crippen LogP contribution >= 0.6 is 11.3 Å². The van der Waals surface area contributed by atoms with Crippen LogP contribution in [-0.2, 0) is 0 Å². The van der Waals surface area contributed by atoms with Crippen LogP contribution in [0.3, 0.4) is 0 Å². The molecule has 0 aliphatic carbocycles. The summed E-state index contributed by atoms with van der Waals surface area (Å²) < 4.78 is 5.16. The van der Waals surface area contributed by atoms with Crippen molar-refractivity contribution < 1.29 is 9.53 Å². The summed E-state index contributed by atoms with van der Waals surface area (Å²) in [6.07, 6.45) is 3.84. The average Bonchev–Trinajstić information content (AvgIpc) is 3.11. The lowest BCUT2D eigenvalue weighted by molar-refractivity contribution is 0.0926. The van der Waals surface area contributed by atoms with E-state index in [-0.39, 0.29) is 11.3 Å². The number of rotatable bonds is 5. The van der Waals surface area contributed by atoms with Gasteiger partial charge in [-0.2, -0.15) is 0 Å². The fourth-order valence-corrected chi connectivity index (χ4v) is 3.67. The van der Waals surface area contributed by atoms with Gasteiger partial charge >= 0.3 is 0 Å². The maximum absolute atomic E-state index is 12.4. The van der Waals surface area contributed by atoms with Gasteiger partial charge in [0.15, 0.2) is 0 Å². The van der Waals surface area contributed by atoms with Crippen LogP contribution in [0.5, 0.6) is 5.75 Å². The highest BCUT2D eigenvalue weighted by Gasteiger charge is 2.27. The first-order valence-electron chi connectivity index (χ1n) is 8.19. The third kappa shape index (κ3) is 3.94. The van der Waals surface area contributed by atoms with Crippen molar-refractivity contribution >= 4 is 17.2 Å². The minimum atomic E-state index is -0.0352. The molecule has 1 aromatic heterocycles. The Balaban J connectivity index is 1.62. The lowest BCUT2D eigenvalue weighted by Crippen LogP contribution is -2.42. The van der Waals surface area contributed by atoms with E-state index in [0.29, 0.717) is 11.4 Å². The summed E-state index contributed by atoms with van der Waals surface area (Å²) in [4.78, 5) is 17.4. The summed E-state index contributed by atoms with van der Waals surface area (Å²) >= 11 is 1.42. The minimum absolute atomic E-state index is 0.0352. The first-order valence-corrected chi connectivity index (χ1v) is 9.00. The lowest BCUT2D eigenvalue weighted by atomic mass is 9.81. The largest absolute Gasteiger partial charge is 0.497 e. The van der Waals surface area contributed by atoms with Gasteiger partial charge < -0.3 is 15.4 Å². The Bertz CT molecular complexity index is 691. The Hall–Kier alpha value is -1.92. The molecule has 2 heterocycles. The van der Waals surface area contributed by atoms with E-state index < -0.39 is 0 Å². The van der Waals surface area contributed by atoms with Crippen LogP contribution in [0.4, 0.5) is 0 Å². The summed E-state index contributed by atoms with van der Waals surface area (Å²) in [5, 5.41) is 7.28. The van der Waals surface area contributed by atoms with Crippen molar-refractivity contribution in [1.29, 1.82) is 0 Å². The number of hydrogen-bond acceptors (Lipinski definition) is 5. The number of carbonyl (C=O) groups is 1. The average molecular weight is 345 g/mol. The highest BCUT2D eigenvalue weighted by molar-refractivity contribution is 7.16. The molecule has 0 atom stereocenters. The van der Waals surface area contributed by atoms with Gasteiger partial charge in [0.05, 0.1) is 13.3 Å². The van der Waals surface area contributed by atoms with Gasteiger partial charge in [0.2, 0.25) is 0 Å². The van der Waals surface area contributed by atoms with Crippen LogP contribution in [0, 0.1) is 5.41 Å². The zero-order valence-electron chi connectivity index (χ0n) is 14.1. The van der Waals surface area contributed by atoms with E-state index in [4.69, 9.17) is 4.74 Å². The molecule has 1 fully saturated rings. The highest BCUT2D eigenvalue weighted by Crippen LogP contribution is 2.28. The molecule has 24 heavy (non-hydrogen) atoms. The summed E-state index contributed by atoms with van der Waals surface area (Å²) in [5.74, 6) is 0.774. The van der Waals surface area contributed by atoms with E-state index in [1.165, 1.54) is 11.3 Å². The molecule has 0 spiro atoms. The second kappa shape index (κ2) is 7.32. The van der Waals surface area contributed by atoms with Gasteiger partial charge in [0.1, 0.15) is 15.6 Å². The summed E-state index contributed by atoms with van der Waals surface area (Å²) in [5.41, 5.74) is 1.18. The van der Waals surface area contributed by atoms with Crippen molar-refractivity contribution in [2.24, 2.45) is 5.41 Å². The van der Waals surface area contributed by atoms with Crippen LogP contribution < -0.4 is 15.4 Å². The number of hydrogen-bond donors (Lipinski definition) is 2. The van der Waals surface area contributed by atoms with Gasteiger partial charge in [0, 0.05) is 12.1 Å². The standard InChI is InChI=1S/C18H23N3O2S/c1-18(7-9-19-10-8-18)12-21-16(22)15-11-20-17(24-15)13-3-5-14(23-2)6-4-13/h3-6,11,19H,7-10,12H2,1-2H3,(H,21,22). The molecule has 0 bridgehead atoms. The Labute approximate surface area is 146 Å². The lowest BCUT2D eigenvalue weighted by Gasteiger charge is -2.34. The van der Waals surface area contributed by atoms with Crippen LogP contribution in [0.25, 0.3) is 10.6 Å². The number of nitrogens with zero attached hydrogens (tertiary/aromatic N) is 1. The van der Waals surface area contributed by atoms with Crippen molar-refractivity contribution in [3.05, 3.63) is 35.3 Å². The molecule has 1 saturated heterocycles. The Kier molecular flexibility index (Phi) is 5.16. The molecular weight excluding hydrogens is 322 g/mol. The molecule has 1 amide bonds. The van der Waals surface area contributed by atoms with E-state index in [2.05, 4.69) is 22.5 Å². The van der Waals surface area contributed by atoms with Gasteiger partial charge in [0.25, 0.3) is 5.91 Å². The number of aromatic nitrogens is 1. The van der Waals surface area contributed by atoms with Gasteiger partial charge in [-0.15, -0.1) is 11.3 Å². The fourth-order valence-electron chi connectivity index (χ4n) is 2.83. The molecule has 0 radical (unpaired) electrons. The number of carbonyl (C=O) groups excluding carboxylic acids is 1. The van der Waals surface area contributed by atoms with Gasteiger partial charge in [-0.05, 0) is 55.6 Å². The molecular formula is C18H23N3O2S. The fraction of sp³-hybridized carbons (Fsp3) is 0.444. The van der Waals surface area contributed by atoms with E-state index in [1.807, 2.05) is 24.3 Å². The highest BCUT2D eigenvalue weighted by atomic mass is 32.1. The van der Waals surface area contributed by atoms with E-state index in [1.54, 1.807) is 13.3 Å². The summed E-state index contributed by atoms with van der Waals surface area (Å²) in [7, 11) is 1.64. The van der Waals surface area contributed by atoms with Crippen molar-refractivity contribution in [3.8, 4) is 16.3 Å². The third-order valence-corrected chi connectivity index (χ3v) is 5.60. The Morgan fingerprint density at radius 2 is 2.04 bits per heavy atom. The maximum Gasteiger partial charge on any atom is 0.263 e. The molecule has 1 aromatic carbocycles. The van der Waals surface area contributed by atoms with Crippen LogP contribution in [0.2, 0.25) is 0 Å². The molecule has 2 aromatic rings. The normalized spacial score (nSPS) is 16.6. The minimum Gasteiger partial charge on any atom is -0.497 e. The van der Waals surface area contributed by atoms with Crippen LogP contribution in [0.1, 0.15) is 29.4 Å². The number of nitrogens with one attached hydrogen (secondary N) is 2. The summed E-state index contributed by atoms with van der Waals surface area (Å²) in [6.45, 7) is 5.00. The van der Waals surface area contributed by atoms with Crippen molar-refractivity contribution in [1.82, 2.24) is 15.6 Å². The maximum atomic E-state index is 12.4. The molecule has 6 heteroatoms. The second-order valence-corrected chi connectivity index (χ2v) is 7.53. The van der Waals surface area contributed by atoms with Crippen LogP contribution in [0.15, 0.2) is 30.5 Å². The van der Waals surface area contributed by atoms with Crippen molar-refractivity contribution in [3.63, 3.8) is 0 Å². The zero-order chi connectivity index (χ0) is 17.0. The van der Waals surface area contributed by atoms with E-state index in [9.17, 15) is 4.79 Å². The Morgan fingerprint density at radius 1 is 1.33 bits per heavy atom. The number of amides is 1. The predicted molar refractivity (Wildman–Crippen MR) is 96.6 cm³/mol. The van der Waals surface area contributed by atoms with Gasteiger partial charge in [-0.1, -0.05) is 6.92 Å². The molecule has 2 N–H and O–H groups in total. The smallest absolute Gasteiger partial charge is 0.263 e. The number of ether oxygens (including phenoxy) is 1. The molecule has 0 unspecified atom stereocenters. The van der Waals surface area contributed by atoms with E-state index in [0.717, 1.165) is 42.3 Å². The van der Waals surface area contributed by atoms with Gasteiger partial charge in [-0.25, -0.2) is 4.98 Å². The monoisotopic (exact) mass is 345 g/mol. The number of piperidine rings is 1. The first-order chi connectivity index (χ1) is 11.6. The predicted octanol–water partition coefficient (Wildman–Crippen LogP) is 2.94. The second-order valence-electron chi connectivity index (χ2n) is 6.50. The quantitative estimate of drug-likeness (QED) is 0.875. The molecule has 0 saturated carbocycles. The first kappa shape index (κ1) is 16.9. The van der Waals surface area contributed by atoms with Gasteiger partial charge in [-0.3, -0.25) is 4.79 Å². The number of benzene rings is 1. The SMILES string of the molecule is COc1ccc(-c2ncc(C(=O)NCC3(C)CCNCC3)s2)cc1. The third-order valence-electron chi connectivity index (χ3n) is 4.55. The molecule has 5 nitrogen and oxygen atoms in total. The zero-order valence-corrected chi connectivity index (χ0v) is 14.9. The molecule has 1 aliphatic rings. The van der Waals surface area contributed by atoms with Crippen molar-refractivity contribution in [2.75, 3.05) is 26.7 Å². The molecule has 1 aliphatic heterocycles. The number of methoxy groups -OCH3 is 1. The molecule has 3 rings (SSSR count). The number of thiazole rings is 1. The Morgan fingerprint density at radius 3 is 2.71 bits per heavy atom.